The number of nitrogens with zero attached hydrogens (tertiary/aromatic N) is 1. The molecule has 10 nitrogen and oxygen atoms in total. The molecular weight excluding hydrogens is 537 g/mol. The van der Waals surface area contributed by atoms with Crippen LogP contribution in [-0.4, -0.2) is 96.0 Å². The number of esters is 1. The molecule has 212 valence electrons. The largest absolute Gasteiger partial charge is 0.756 e. The van der Waals surface area contributed by atoms with Gasteiger partial charge in [-0.1, -0.05) is 13.5 Å². The van der Waals surface area contributed by atoms with Gasteiger partial charge in [-0.3, -0.25) is 4.57 Å². The van der Waals surface area contributed by atoms with Crippen LogP contribution in [0.2, 0.25) is 43.9 Å². The number of quaternary nitrogens is 1. The molecule has 0 fully saturated rings. The third-order valence-electron chi connectivity index (χ3n) is 4.90. The van der Waals surface area contributed by atoms with E-state index in [2.05, 4.69) is 32.8 Å². The van der Waals surface area contributed by atoms with Crippen molar-refractivity contribution in [3.63, 3.8) is 0 Å². The number of phosphoric ester groups is 1. The van der Waals surface area contributed by atoms with Crippen LogP contribution >= 0.6 is 7.82 Å². The number of ether oxygens (including phenoxy) is 2. The Morgan fingerprint density at radius 3 is 2.22 bits per heavy atom. The van der Waals surface area contributed by atoms with Gasteiger partial charge in [0.25, 0.3) is 16.5 Å². The van der Waals surface area contributed by atoms with Crippen molar-refractivity contribution in [1.82, 2.24) is 0 Å². The Morgan fingerprint density at radius 2 is 1.72 bits per heavy atom. The van der Waals surface area contributed by atoms with Crippen LogP contribution in [0.5, 0.6) is 0 Å². The highest BCUT2D eigenvalue weighted by atomic mass is 31.2. The minimum absolute atomic E-state index is 0.0123. The van der Waals surface area contributed by atoms with Gasteiger partial charge in [-0.05, 0) is 51.6 Å². The lowest BCUT2D eigenvalue weighted by Gasteiger charge is -2.34. The lowest BCUT2D eigenvalue weighted by molar-refractivity contribution is -0.870. The molecule has 0 aromatic heterocycles. The Kier molecular flexibility index (Phi) is 15.8. The Morgan fingerprint density at radius 1 is 1.11 bits per heavy atom. The van der Waals surface area contributed by atoms with Crippen LogP contribution in [0.25, 0.3) is 0 Å². The van der Waals surface area contributed by atoms with Gasteiger partial charge in [0.05, 0.1) is 27.7 Å². The maximum absolute atomic E-state index is 12.4. The number of rotatable bonds is 20. The molecule has 0 rings (SSSR count). The van der Waals surface area contributed by atoms with Gasteiger partial charge in [-0.25, -0.2) is 4.79 Å². The maximum Gasteiger partial charge on any atom is 0.333 e. The molecule has 36 heavy (non-hydrogen) atoms. The zero-order valence-electron chi connectivity index (χ0n) is 23.7. The van der Waals surface area contributed by atoms with Crippen molar-refractivity contribution in [3.05, 3.63) is 12.2 Å². The van der Waals surface area contributed by atoms with Gasteiger partial charge in [0.15, 0.2) is 16.6 Å². The fourth-order valence-corrected chi connectivity index (χ4v) is 17.2. The topological polar surface area (TPSA) is 120 Å². The average Bonchev–Trinajstić information content (AvgIpc) is 2.69. The van der Waals surface area contributed by atoms with E-state index in [0.717, 1.165) is 6.04 Å². The van der Waals surface area contributed by atoms with Crippen molar-refractivity contribution in [2.75, 3.05) is 54.1 Å². The molecule has 0 heterocycles. The first-order chi connectivity index (χ1) is 16.3. The highest BCUT2D eigenvalue weighted by Crippen LogP contribution is 2.38. The summed E-state index contributed by atoms with van der Waals surface area (Å²) in [6, 6.07) is 1.43. The first-order valence-corrected chi connectivity index (χ1v) is 21.9. The lowest BCUT2D eigenvalue weighted by atomic mass is 10.3. The number of hydrogen-bond acceptors (Lipinski definition) is 9. The summed E-state index contributed by atoms with van der Waals surface area (Å²) in [5.74, 6) is -0.596. The van der Waals surface area contributed by atoms with E-state index in [1.807, 2.05) is 28.1 Å². The standard InChI is InChI=1S/C22H48NO9PSi3/c1-11-34(27)19-36(10,32-35(7,8)9)16-12-14-28-21(17-29-22(24)20(2)3)18-31-33(25,26)30-15-13-23(4,5)6/h21H,2,11-19H2,1,3-10H3. The summed E-state index contributed by atoms with van der Waals surface area (Å²) in [7, 11) is -4.48. The molecule has 0 aliphatic heterocycles. The highest BCUT2D eigenvalue weighted by molar-refractivity contribution is 7.45. The lowest BCUT2D eigenvalue weighted by Crippen LogP contribution is -2.46. The van der Waals surface area contributed by atoms with Crippen LogP contribution in [0.1, 0.15) is 20.3 Å². The molecule has 0 saturated carbocycles. The van der Waals surface area contributed by atoms with E-state index in [1.54, 1.807) is 0 Å². The first-order valence-electron chi connectivity index (χ1n) is 12.3. The Bertz CT molecular complexity index is 771. The summed E-state index contributed by atoms with van der Waals surface area (Å²) in [6.45, 7) is 15.7. The molecule has 3 atom stereocenters. The van der Waals surface area contributed by atoms with Crippen LogP contribution < -0.4 is 4.89 Å². The molecule has 14 heteroatoms. The van der Waals surface area contributed by atoms with E-state index in [4.69, 9.17) is 22.6 Å². The molecule has 3 unspecified atom stereocenters. The molecule has 0 aromatic rings. The van der Waals surface area contributed by atoms with E-state index >= 15 is 0 Å². The summed E-state index contributed by atoms with van der Waals surface area (Å²) < 4.78 is 52.5. The second-order valence-electron chi connectivity index (χ2n) is 11.3. The van der Waals surface area contributed by atoms with Gasteiger partial charge in [0.2, 0.25) is 0 Å². The number of likely N-dealkylation sites (N-methyl/N-ethyl adjacent to an activating group) is 1. The van der Waals surface area contributed by atoms with Gasteiger partial charge in [-0.15, -0.1) is 0 Å². The zero-order chi connectivity index (χ0) is 28.2. The molecule has 0 bridgehead atoms. The van der Waals surface area contributed by atoms with Gasteiger partial charge in [0.1, 0.15) is 25.9 Å². The van der Waals surface area contributed by atoms with Crippen molar-refractivity contribution in [3.8, 4) is 0 Å². The average molecular weight is 586 g/mol. The van der Waals surface area contributed by atoms with Crippen LogP contribution in [0, 0.1) is 0 Å². The quantitative estimate of drug-likeness (QED) is 0.0528. The zero-order valence-corrected chi connectivity index (χ0v) is 27.6. The van der Waals surface area contributed by atoms with E-state index in [1.165, 1.54) is 6.92 Å². The fraction of sp³-hybridized carbons (Fsp3) is 0.864. The minimum atomic E-state index is -4.55. The van der Waals surface area contributed by atoms with E-state index in [-0.39, 0.29) is 32.0 Å². The number of hydrogen-bond donors (Lipinski definition) is 0. The SMILES string of the molecule is C=C(C)C(=O)OCC(COP(=O)([O-])OCC[N+](C)(C)C)OCCC[Si](C)(C[Si](=O)CC)O[Si](C)(C)C. The number of phosphoric acid groups is 1. The van der Waals surface area contributed by atoms with Crippen molar-refractivity contribution in [1.29, 1.82) is 0 Å². The summed E-state index contributed by atoms with van der Waals surface area (Å²) in [5, 5.41) is 0. The van der Waals surface area contributed by atoms with Crippen molar-refractivity contribution < 1.29 is 45.8 Å². The van der Waals surface area contributed by atoms with Crippen LogP contribution in [-0.2, 0) is 36.5 Å². The summed E-state index contributed by atoms with van der Waals surface area (Å²) in [6.07, 6.45) is -0.162. The molecule has 0 aromatic carbocycles. The third-order valence-corrected chi connectivity index (χ3v) is 17.1. The second-order valence-corrected chi connectivity index (χ2v) is 24.3. The Hall–Kier alpha value is -0.349. The Balaban J connectivity index is 5.03. The minimum Gasteiger partial charge on any atom is -0.756 e. The van der Waals surface area contributed by atoms with E-state index < -0.39 is 45.2 Å². The molecule has 0 spiro atoms. The van der Waals surface area contributed by atoms with E-state index in [9.17, 15) is 18.7 Å². The number of carbonyl (C=O) groups excluding carboxylic acids is 1. The van der Waals surface area contributed by atoms with Gasteiger partial charge < -0.3 is 36.5 Å². The summed E-state index contributed by atoms with van der Waals surface area (Å²) in [5.41, 5.74) is 0.870. The summed E-state index contributed by atoms with van der Waals surface area (Å²) >= 11 is 0. The monoisotopic (exact) mass is 585 g/mol. The second kappa shape index (κ2) is 15.9. The van der Waals surface area contributed by atoms with Crippen LogP contribution in [0.15, 0.2) is 12.2 Å². The molecule has 0 saturated heterocycles. The van der Waals surface area contributed by atoms with Crippen molar-refractivity contribution in [2.45, 2.75) is 70.3 Å². The normalized spacial score (nSPS) is 16.6. The highest BCUT2D eigenvalue weighted by Gasteiger charge is 2.36. The summed E-state index contributed by atoms with van der Waals surface area (Å²) in [4.78, 5) is 24.0. The van der Waals surface area contributed by atoms with Crippen LogP contribution in [0.3, 0.4) is 0 Å². The Labute approximate surface area is 221 Å². The van der Waals surface area contributed by atoms with Gasteiger partial charge in [0, 0.05) is 17.8 Å². The first kappa shape index (κ1) is 35.7. The van der Waals surface area contributed by atoms with Gasteiger partial charge in [-0.2, -0.15) is 0 Å². The molecule has 0 radical (unpaired) electrons. The molecule has 0 amide bonds. The fourth-order valence-electron chi connectivity index (χ4n) is 3.23. The van der Waals surface area contributed by atoms with E-state index in [0.29, 0.717) is 29.2 Å². The molecule has 0 aliphatic rings. The van der Waals surface area contributed by atoms with Crippen LogP contribution in [0.4, 0.5) is 0 Å². The van der Waals surface area contributed by atoms with Gasteiger partial charge >= 0.3 is 5.97 Å². The predicted molar refractivity (Wildman–Crippen MR) is 145 cm³/mol. The predicted octanol–water partition coefficient (Wildman–Crippen LogP) is 3.50. The van der Waals surface area contributed by atoms with Crippen molar-refractivity contribution in [2.24, 2.45) is 0 Å². The molecule has 0 N–H and O–H groups in total. The molecule has 0 aliphatic carbocycles. The van der Waals surface area contributed by atoms with Crippen molar-refractivity contribution >= 4 is 39.1 Å². The smallest absolute Gasteiger partial charge is 0.333 e. The number of carbonyl (C=O) groups is 1. The molecular formula is C22H48NO9PSi3. The maximum atomic E-state index is 12.4. The third kappa shape index (κ3) is 18.8.